The molecule has 0 amide bonds. The molecule has 2 heterocycles. The van der Waals surface area contributed by atoms with Gasteiger partial charge < -0.3 is 9.32 Å². The lowest BCUT2D eigenvalue weighted by atomic mass is 10.2. The summed E-state index contributed by atoms with van der Waals surface area (Å²) in [6, 6.07) is 11.7. The number of nitrogens with one attached hydrogen (secondary N) is 1. The van der Waals surface area contributed by atoms with Crippen molar-refractivity contribution in [2.75, 3.05) is 19.0 Å². The fraction of sp³-hybridized carbons (Fsp3) is 0.133. The maximum atomic E-state index is 5.34. The summed E-state index contributed by atoms with van der Waals surface area (Å²) < 4.78 is 7.28. The van der Waals surface area contributed by atoms with Gasteiger partial charge in [0.15, 0.2) is 5.76 Å². The molecule has 1 aromatic carbocycles. The van der Waals surface area contributed by atoms with E-state index in [4.69, 9.17) is 16.6 Å². The van der Waals surface area contributed by atoms with Gasteiger partial charge in [0.25, 0.3) is 0 Å². The monoisotopic (exact) mass is 313 g/mol. The first-order valence-corrected chi connectivity index (χ1v) is 7.09. The van der Waals surface area contributed by atoms with E-state index in [2.05, 4.69) is 15.3 Å². The summed E-state index contributed by atoms with van der Waals surface area (Å²) in [5, 5.41) is 11.2. The Hall–Kier alpha value is -2.67. The number of H-pyrrole nitrogens is 1. The smallest absolute Gasteiger partial charge is 0.219 e. The fourth-order valence-corrected chi connectivity index (χ4v) is 2.13. The number of hydrogen-bond acceptors (Lipinski definition) is 5. The molecule has 112 valence electrons. The second-order valence-corrected chi connectivity index (χ2v) is 5.26. The Labute approximate surface area is 132 Å². The maximum Gasteiger partial charge on any atom is 0.219 e. The summed E-state index contributed by atoms with van der Waals surface area (Å²) in [6.07, 6.45) is 3.32. The van der Waals surface area contributed by atoms with Crippen LogP contribution in [-0.2, 0) is 0 Å². The van der Waals surface area contributed by atoms with Crippen LogP contribution < -0.4 is 4.90 Å². The standard InChI is InChI=1S/C15H15N5OS/c1-19(2)12-7-5-11(6-8-12)10-16-20-14(17-18-15(20)22)13-4-3-9-21-13/h3-10H,1-2H3,(H,18,22). The number of aromatic nitrogens is 3. The van der Waals surface area contributed by atoms with Gasteiger partial charge in [0, 0.05) is 19.8 Å². The van der Waals surface area contributed by atoms with Crippen LogP contribution >= 0.6 is 12.2 Å². The quantitative estimate of drug-likeness (QED) is 0.594. The van der Waals surface area contributed by atoms with Gasteiger partial charge in [0.1, 0.15) is 0 Å². The van der Waals surface area contributed by atoms with Crippen molar-refractivity contribution in [2.24, 2.45) is 5.10 Å². The van der Waals surface area contributed by atoms with Crippen LogP contribution in [0.5, 0.6) is 0 Å². The van der Waals surface area contributed by atoms with Crippen molar-refractivity contribution in [3.63, 3.8) is 0 Å². The molecule has 6 nitrogen and oxygen atoms in total. The van der Waals surface area contributed by atoms with E-state index in [1.165, 1.54) is 4.68 Å². The average molecular weight is 313 g/mol. The second-order valence-electron chi connectivity index (χ2n) is 4.87. The molecule has 0 saturated carbocycles. The summed E-state index contributed by atoms with van der Waals surface area (Å²) in [6.45, 7) is 0. The lowest BCUT2D eigenvalue weighted by Gasteiger charge is -2.11. The third-order valence-electron chi connectivity index (χ3n) is 3.12. The molecular weight excluding hydrogens is 298 g/mol. The Morgan fingerprint density at radius 1 is 1.27 bits per heavy atom. The first-order valence-electron chi connectivity index (χ1n) is 6.68. The molecule has 0 radical (unpaired) electrons. The number of aromatic amines is 1. The minimum Gasteiger partial charge on any atom is -0.461 e. The lowest BCUT2D eigenvalue weighted by Crippen LogP contribution is -2.08. The predicted molar refractivity (Wildman–Crippen MR) is 88.9 cm³/mol. The maximum absolute atomic E-state index is 5.34. The van der Waals surface area contributed by atoms with Crippen LogP contribution in [0.15, 0.2) is 52.2 Å². The number of rotatable bonds is 4. The van der Waals surface area contributed by atoms with Crippen LogP contribution in [0, 0.1) is 4.77 Å². The largest absolute Gasteiger partial charge is 0.461 e. The molecule has 3 rings (SSSR count). The van der Waals surface area contributed by atoms with Gasteiger partial charge in [-0.05, 0) is 42.0 Å². The van der Waals surface area contributed by atoms with Crippen LogP contribution in [0.3, 0.4) is 0 Å². The van der Waals surface area contributed by atoms with Crippen molar-refractivity contribution in [1.82, 2.24) is 14.9 Å². The van der Waals surface area contributed by atoms with E-state index < -0.39 is 0 Å². The first-order chi connectivity index (χ1) is 10.6. The zero-order valence-electron chi connectivity index (χ0n) is 12.2. The molecule has 0 atom stereocenters. The van der Waals surface area contributed by atoms with Crippen molar-refractivity contribution >= 4 is 24.1 Å². The van der Waals surface area contributed by atoms with Crippen LogP contribution in [0.4, 0.5) is 5.69 Å². The molecule has 0 aliphatic carbocycles. The highest BCUT2D eigenvalue weighted by atomic mass is 32.1. The Balaban J connectivity index is 1.90. The highest BCUT2D eigenvalue weighted by Crippen LogP contribution is 2.17. The van der Waals surface area contributed by atoms with E-state index in [1.807, 2.05) is 49.3 Å². The Kier molecular flexibility index (Phi) is 3.88. The molecule has 22 heavy (non-hydrogen) atoms. The normalized spacial score (nSPS) is 11.2. The summed E-state index contributed by atoms with van der Waals surface area (Å²) in [5.41, 5.74) is 2.10. The Morgan fingerprint density at radius 2 is 2.05 bits per heavy atom. The van der Waals surface area contributed by atoms with Gasteiger partial charge in [0.05, 0.1) is 12.5 Å². The lowest BCUT2D eigenvalue weighted by molar-refractivity contribution is 0.573. The van der Waals surface area contributed by atoms with Crippen LogP contribution in [0.25, 0.3) is 11.6 Å². The third-order valence-corrected chi connectivity index (χ3v) is 3.39. The van der Waals surface area contributed by atoms with Crippen LogP contribution in [0.1, 0.15) is 5.56 Å². The molecule has 0 bridgehead atoms. The van der Waals surface area contributed by atoms with Crippen LogP contribution in [0.2, 0.25) is 0 Å². The molecule has 0 fully saturated rings. The third kappa shape index (κ3) is 2.84. The van der Waals surface area contributed by atoms with Gasteiger partial charge in [-0.2, -0.15) is 9.78 Å². The molecule has 2 aromatic heterocycles. The highest BCUT2D eigenvalue weighted by Gasteiger charge is 2.10. The van der Waals surface area contributed by atoms with Crippen molar-refractivity contribution in [1.29, 1.82) is 0 Å². The van der Waals surface area contributed by atoms with E-state index in [9.17, 15) is 0 Å². The fourth-order valence-electron chi connectivity index (χ4n) is 1.95. The molecule has 3 aromatic rings. The number of hydrogen-bond donors (Lipinski definition) is 1. The minimum atomic E-state index is 0.410. The van der Waals surface area contributed by atoms with Crippen molar-refractivity contribution in [2.45, 2.75) is 0 Å². The summed E-state index contributed by atoms with van der Waals surface area (Å²) in [5.74, 6) is 1.14. The number of anilines is 1. The Bertz CT molecular complexity index is 828. The molecule has 0 spiro atoms. The van der Waals surface area contributed by atoms with Crippen molar-refractivity contribution in [3.05, 3.63) is 53.0 Å². The van der Waals surface area contributed by atoms with E-state index in [0.717, 1.165) is 11.3 Å². The first kappa shape index (κ1) is 14.3. The van der Waals surface area contributed by atoms with Gasteiger partial charge in [-0.1, -0.05) is 12.1 Å². The van der Waals surface area contributed by atoms with Gasteiger partial charge in [-0.15, -0.1) is 5.10 Å². The molecule has 0 saturated heterocycles. The van der Waals surface area contributed by atoms with E-state index in [-0.39, 0.29) is 0 Å². The molecule has 0 unspecified atom stereocenters. The molecular formula is C15H15N5OS. The molecule has 0 aliphatic heterocycles. The molecule has 0 aliphatic rings. The molecule has 1 N–H and O–H groups in total. The van der Waals surface area contributed by atoms with Gasteiger partial charge in [-0.25, -0.2) is 5.10 Å². The Morgan fingerprint density at radius 3 is 2.68 bits per heavy atom. The predicted octanol–water partition coefficient (Wildman–Crippen LogP) is 3.15. The summed E-state index contributed by atoms with van der Waals surface area (Å²) >= 11 is 5.20. The van der Waals surface area contributed by atoms with Crippen LogP contribution in [-0.4, -0.2) is 35.2 Å². The number of furan rings is 1. The topological polar surface area (TPSA) is 62.4 Å². The number of nitrogens with zero attached hydrogens (tertiary/aromatic N) is 4. The van der Waals surface area contributed by atoms with Gasteiger partial charge >= 0.3 is 0 Å². The zero-order chi connectivity index (χ0) is 15.5. The van der Waals surface area contributed by atoms with Crippen molar-refractivity contribution < 1.29 is 4.42 Å². The van der Waals surface area contributed by atoms with Crippen molar-refractivity contribution in [3.8, 4) is 11.6 Å². The van der Waals surface area contributed by atoms with E-state index in [0.29, 0.717) is 16.4 Å². The molecule has 7 heteroatoms. The summed E-state index contributed by atoms with van der Waals surface area (Å²) in [7, 11) is 4.01. The SMILES string of the molecule is CN(C)c1ccc(C=Nn2c(-c3ccco3)n[nH]c2=S)cc1. The number of benzene rings is 1. The van der Waals surface area contributed by atoms with Gasteiger partial charge in [0.2, 0.25) is 10.6 Å². The summed E-state index contributed by atoms with van der Waals surface area (Å²) in [4.78, 5) is 2.04. The second kappa shape index (κ2) is 5.98. The minimum absolute atomic E-state index is 0.410. The zero-order valence-corrected chi connectivity index (χ0v) is 13.0. The van der Waals surface area contributed by atoms with Gasteiger partial charge in [-0.3, -0.25) is 0 Å². The van der Waals surface area contributed by atoms with E-state index >= 15 is 0 Å². The highest BCUT2D eigenvalue weighted by molar-refractivity contribution is 7.71. The average Bonchev–Trinajstić information content (AvgIpc) is 3.15. The van der Waals surface area contributed by atoms with E-state index in [1.54, 1.807) is 18.5 Å².